The first-order valence-corrected chi connectivity index (χ1v) is 9.70. The van der Waals surface area contributed by atoms with Gasteiger partial charge in [-0.25, -0.2) is 0 Å². The summed E-state index contributed by atoms with van der Waals surface area (Å²) in [6, 6.07) is 5.67. The smallest absolute Gasteiger partial charge is 0.293 e. The highest BCUT2D eigenvalue weighted by Crippen LogP contribution is 2.32. The summed E-state index contributed by atoms with van der Waals surface area (Å²) in [6.07, 6.45) is 1.72. The van der Waals surface area contributed by atoms with Crippen molar-refractivity contribution in [2.45, 2.75) is 20.4 Å². The van der Waals surface area contributed by atoms with E-state index >= 15 is 0 Å². The first-order chi connectivity index (χ1) is 12.4. The van der Waals surface area contributed by atoms with Gasteiger partial charge in [0.2, 0.25) is 5.91 Å². The number of nitrogens with zero attached hydrogens (tertiary/aromatic N) is 3. The van der Waals surface area contributed by atoms with Crippen LogP contribution in [0.15, 0.2) is 28.5 Å². The van der Waals surface area contributed by atoms with Crippen molar-refractivity contribution in [3.05, 3.63) is 44.7 Å². The molecule has 0 saturated carbocycles. The number of hydrogen-bond donors (Lipinski definition) is 1. The van der Waals surface area contributed by atoms with Crippen LogP contribution in [0.25, 0.3) is 6.08 Å². The summed E-state index contributed by atoms with van der Waals surface area (Å²) < 4.78 is 1.62. The number of thiophene rings is 1. The van der Waals surface area contributed by atoms with Crippen LogP contribution in [0, 0.1) is 13.8 Å². The van der Waals surface area contributed by atoms with Crippen molar-refractivity contribution in [2.75, 3.05) is 13.1 Å². The predicted molar refractivity (Wildman–Crippen MR) is 102 cm³/mol. The summed E-state index contributed by atoms with van der Waals surface area (Å²) in [5, 5.41) is 8.55. The number of rotatable bonds is 6. The Kier molecular flexibility index (Phi) is 5.58. The zero-order valence-electron chi connectivity index (χ0n) is 14.4. The predicted octanol–water partition coefficient (Wildman–Crippen LogP) is 2.41. The molecule has 0 aliphatic carbocycles. The van der Waals surface area contributed by atoms with Crippen LogP contribution in [0.2, 0.25) is 0 Å². The number of thioether (sulfide) groups is 1. The van der Waals surface area contributed by atoms with E-state index in [2.05, 4.69) is 10.4 Å². The highest BCUT2D eigenvalue weighted by molar-refractivity contribution is 8.18. The molecule has 9 heteroatoms. The Balaban J connectivity index is 1.51. The molecular formula is C17H18N4O3S2. The molecule has 3 heterocycles. The fourth-order valence-corrected chi connectivity index (χ4v) is 4.12. The van der Waals surface area contributed by atoms with Crippen LogP contribution in [0.3, 0.4) is 0 Å². The molecule has 3 rings (SSSR count). The van der Waals surface area contributed by atoms with Crippen molar-refractivity contribution in [3.63, 3.8) is 0 Å². The maximum Gasteiger partial charge on any atom is 0.293 e. The van der Waals surface area contributed by atoms with E-state index in [4.69, 9.17) is 0 Å². The molecular weight excluding hydrogens is 372 g/mol. The SMILES string of the molecule is Cc1cc(C)n(CC(=O)NCCN2C(=O)SC(=Cc3cccs3)C2=O)n1. The third-order valence-corrected chi connectivity index (χ3v) is 5.47. The van der Waals surface area contributed by atoms with Crippen molar-refractivity contribution in [2.24, 2.45) is 0 Å². The van der Waals surface area contributed by atoms with E-state index in [-0.39, 0.29) is 36.7 Å². The van der Waals surface area contributed by atoms with Crippen molar-refractivity contribution in [1.82, 2.24) is 20.0 Å². The van der Waals surface area contributed by atoms with E-state index in [1.54, 1.807) is 10.8 Å². The standard InChI is InChI=1S/C17H18N4O3S2/c1-11-8-12(2)21(19-11)10-15(22)18-5-6-20-16(23)14(26-17(20)24)9-13-4-3-7-25-13/h3-4,7-9H,5-6,10H2,1-2H3,(H,18,22). The van der Waals surface area contributed by atoms with Crippen LogP contribution >= 0.6 is 23.1 Å². The second kappa shape index (κ2) is 7.88. The van der Waals surface area contributed by atoms with Crippen molar-refractivity contribution in [3.8, 4) is 0 Å². The topological polar surface area (TPSA) is 84.3 Å². The maximum atomic E-state index is 12.4. The number of amides is 3. The number of aromatic nitrogens is 2. The van der Waals surface area contributed by atoms with Gasteiger partial charge in [0.1, 0.15) is 6.54 Å². The molecule has 0 bridgehead atoms. The fourth-order valence-electron chi connectivity index (χ4n) is 2.53. The molecule has 1 aliphatic heterocycles. The molecule has 2 aromatic heterocycles. The van der Waals surface area contributed by atoms with Gasteiger partial charge in [0.25, 0.3) is 11.1 Å². The van der Waals surface area contributed by atoms with Crippen LogP contribution in [0.5, 0.6) is 0 Å². The van der Waals surface area contributed by atoms with E-state index in [9.17, 15) is 14.4 Å². The average molecular weight is 390 g/mol. The Morgan fingerprint density at radius 1 is 1.35 bits per heavy atom. The lowest BCUT2D eigenvalue weighted by atomic mass is 10.3. The summed E-state index contributed by atoms with van der Waals surface area (Å²) in [4.78, 5) is 38.9. The minimum Gasteiger partial charge on any atom is -0.353 e. The van der Waals surface area contributed by atoms with Gasteiger partial charge in [-0.15, -0.1) is 11.3 Å². The summed E-state index contributed by atoms with van der Waals surface area (Å²) >= 11 is 2.43. The normalized spacial score (nSPS) is 15.9. The molecule has 26 heavy (non-hydrogen) atoms. The number of carbonyl (C=O) groups excluding carboxylic acids is 3. The van der Waals surface area contributed by atoms with E-state index in [0.29, 0.717) is 4.91 Å². The Morgan fingerprint density at radius 2 is 2.15 bits per heavy atom. The molecule has 0 atom stereocenters. The first kappa shape index (κ1) is 18.4. The lowest BCUT2D eigenvalue weighted by Gasteiger charge is -2.13. The van der Waals surface area contributed by atoms with Gasteiger partial charge in [0.05, 0.1) is 10.6 Å². The molecule has 3 amide bonds. The molecule has 0 aromatic carbocycles. The molecule has 0 spiro atoms. The molecule has 1 fully saturated rings. The Hall–Kier alpha value is -2.39. The summed E-state index contributed by atoms with van der Waals surface area (Å²) in [5.41, 5.74) is 1.76. The number of imide groups is 1. The number of aryl methyl sites for hydroxylation is 2. The van der Waals surface area contributed by atoms with Gasteiger partial charge in [0, 0.05) is 23.7 Å². The van der Waals surface area contributed by atoms with Crippen LogP contribution in [-0.2, 0) is 16.1 Å². The molecule has 1 N–H and O–H groups in total. The van der Waals surface area contributed by atoms with Gasteiger partial charge in [-0.3, -0.25) is 24.0 Å². The van der Waals surface area contributed by atoms with Crippen molar-refractivity contribution < 1.29 is 14.4 Å². The minimum atomic E-state index is -0.318. The third kappa shape index (κ3) is 4.23. The van der Waals surface area contributed by atoms with Gasteiger partial charge in [-0.05, 0) is 49.2 Å². The number of hydrogen-bond acceptors (Lipinski definition) is 6. The fraction of sp³-hybridized carbons (Fsp3) is 0.294. The van der Waals surface area contributed by atoms with Gasteiger partial charge in [-0.1, -0.05) is 6.07 Å². The molecule has 1 aliphatic rings. The average Bonchev–Trinajstić information content (AvgIpc) is 3.25. The zero-order chi connectivity index (χ0) is 18.7. The van der Waals surface area contributed by atoms with E-state index in [0.717, 1.165) is 32.9 Å². The zero-order valence-corrected chi connectivity index (χ0v) is 16.0. The van der Waals surface area contributed by atoms with Crippen LogP contribution in [-0.4, -0.2) is 44.8 Å². The second-order valence-electron chi connectivity index (χ2n) is 5.78. The summed E-state index contributed by atoms with van der Waals surface area (Å²) in [5.74, 6) is -0.529. The second-order valence-corrected chi connectivity index (χ2v) is 7.76. The lowest BCUT2D eigenvalue weighted by Crippen LogP contribution is -2.38. The first-order valence-electron chi connectivity index (χ1n) is 8.00. The van der Waals surface area contributed by atoms with Gasteiger partial charge in [0.15, 0.2) is 0 Å². The van der Waals surface area contributed by atoms with Crippen LogP contribution < -0.4 is 5.32 Å². The highest BCUT2D eigenvalue weighted by Gasteiger charge is 2.34. The van der Waals surface area contributed by atoms with Gasteiger partial charge < -0.3 is 5.32 Å². The Bertz CT molecular complexity index is 871. The maximum absolute atomic E-state index is 12.4. The lowest BCUT2D eigenvalue weighted by molar-refractivity contribution is -0.124. The number of nitrogens with one attached hydrogen (secondary N) is 1. The molecule has 2 aromatic rings. The largest absolute Gasteiger partial charge is 0.353 e. The summed E-state index contributed by atoms with van der Waals surface area (Å²) in [7, 11) is 0. The van der Waals surface area contributed by atoms with Crippen LogP contribution in [0.1, 0.15) is 16.3 Å². The molecule has 0 radical (unpaired) electrons. The number of carbonyl (C=O) groups is 3. The highest BCUT2D eigenvalue weighted by atomic mass is 32.2. The molecule has 1 saturated heterocycles. The third-order valence-electron chi connectivity index (χ3n) is 3.74. The van der Waals surface area contributed by atoms with Gasteiger partial charge >= 0.3 is 0 Å². The van der Waals surface area contributed by atoms with Crippen LogP contribution in [0.4, 0.5) is 4.79 Å². The van der Waals surface area contributed by atoms with Gasteiger partial charge in [-0.2, -0.15) is 5.10 Å². The molecule has 0 unspecified atom stereocenters. The van der Waals surface area contributed by atoms with Crippen molar-refractivity contribution in [1.29, 1.82) is 0 Å². The Morgan fingerprint density at radius 3 is 2.81 bits per heavy atom. The van der Waals surface area contributed by atoms with E-state index in [1.807, 2.05) is 37.4 Å². The molecule has 7 nitrogen and oxygen atoms in total. The monoisotopic (exact) mass is 390 g/mol. The summed E-state index contributed by atoms with van der Waals surface area (Å²) in [6.45, 7) is 4.22. The van der Waals surface area contributed by atoms with E-state index in [1.165, 1.54) is 11.3 Å². The minimum absolute atomic E-state index is 0.111. The van der Waals surface area contributed by atoms with Crippen molar-refractivity contribution >= 4 is 46.2 Å². The Labute approximate surface area is 159 Å². The van der Waals surface area contributed by atoms with E-state index < -0.39 is 0 Å². The molecule has 136 valence electrons. The quantitative estimate of drug-likeness (QED) is 0.766.